The van der Waals surface area contributed by atoms with E-state index >= 15 is 0 Å². The van der Waals surface area contributed by atoms with Gasteiger partial charge < -0.3 is 0 Å². The summed E-state index contributed by atoms with van der Waals surface area (Å²) in [5.41, 5.74) is 0.0895. The SMILES string of the molecule is CN1CCCC(=O)C1C(C)(C)C. The highest BCUT2D eigenvalue weighted by atomic mass is 16.1. The second-order valence-electron chi connectivity index (χ2n) is 4.82. The first kappa shape index (κ1) is 9.72. The van der Waals surface area contributed by atoms with Crippen LogP contribution in [0.2, 0.25) is 0 Å². The second kappa shape index (κ2) is 3.17. The van der Waals surface area contributed by atoms with Crippen molar-refractivity contribution in [2.45, 2.75) is 39.7 Å². The number of piperidine rings is 1. The standard InChI is InChI=1S/C10H19NO/c1-10(2,3)9-8(12)6-5-7-11(9)4/h9H,5-7H2,1-4H3. The fraction of sp³-hybridized carbons (Fsp3) is 0.900. The normalized spacial score (nSPS) is 27.7. The highest BCUT2D eigenvalue weighted by molar-refractivity contribution is 5.85. The molecule has 0 aromatic heterocycles. The molecule has 0 radical (unpaired) electrons. The van der Waals surface area contributed by atoms with E-state index in [9.17, 15) is 4.79 Å². The van der Waals surface area contributed by atoms with Crippen LogP contribution in [0.4, 0.5) is 0 Å². The lowest BCUT2D eigenvalue weighted by atomic mass is 9.80. The van der Waals surface area contributed by atoms with Crippen molar-refractivity contribution >= 4 is 5.78 Å². The number of ketones is 1. The first-order valence-electron chi connectivity index (χ1n) is 4.66. The van der Waals surface area contributed by atoms with Crippen LogP contribution < -0.4 is 0 Å². The van der Waals surface area contributed by atoms with Gasteiger partial charge in [-0.25, -0.2) is 0 Å². The molecule has 0 saturated carbocycles. The van der Waals surface area contributed by atoms with Gasteiger partial charge in [0.15, 0.2) is 5.78 Å². The maximum absolute atomic E-state index is 11.6. The Balaban J connectivity index is 2.77. The number of likely N-dealkylation sites (N-methyl/N-ethyl adjacent to an activating group) is 1. The largest absolute Gasteiger partial charge is 0.298 e. The molecule has 1 fully saturated rings. The summed E-state index contributed by atoms with van der Waals surface area (Å²) in [5, 5.41) is 0. The summed E-state index contributed by atoms with van der Waals surface area (Å²) < 4.78 is 0. The van der Waals surface area contributed by atoms with Crippen LogP contribution in [0.15, 0.2) is 0 Å². The van der Waals surface area contributed by atoms with Gasteiger partial charge in [0.2, 0.25) is 0 Å². The zero-order chi connectivity index (χ0) is 9.35. The van der Waals surface area contributed by atoms with Gasteiger partial charge in [0.05, 0.1) is 6.04 Å². The van der Waals surface area contributed by atoms with Crippen LogP contribution in [-0.2, 0) is 4.79 Å². The van der Waals surface area contributed by atoms with Crippen molar-refractivity contribution in [2.24, 2.45) is 5.41 Å². The van der Waals surface area contributed by atoms with E-state index in [1.165, 1.54) is 0 Å². The van der Waals surface area contributed by atoms with Crippen LogP contribution in [0.1, 0.15) is 33.6 Å². The highest BCUT2D eigenvalue weighted by Crippen LogP contribution is 2.28. The Hall–Kier alpha value is -0.370. The summed E-state index contributed by atoms with van der Waals surface area (Å²) in [6, 6.07) is 0.131. The monoisotopic (exact) mass is 169 g/mol. The third kappa shape index (κ3) is 1.86. The molecule has 0 bridgehead atoms. The van der Waals surface area contributed by atoms with Gasteiger partial charge in [0, 0.05) is 6.42 Å². The smallest absolute Gasteiger partial charge is 0.150 e. The molecule has 1 aliphatic heterocycles. The predicted molar refractivity (Wildman–Crippen MR) is 50.1 cm³/mol. The second-order valence-corrected chi connectivity index (χ2v) is 4.82. The molecule has 0 aromatic rings. The molecule has 1 atom stereocenters. The van der Waals surface area contributed by atoms with E-state index in [1.807, 2.05) is 7.05 Å². The van der Waals surface area contributed by atoms with Crippen LogP contribution in [-0.4, -0.2) is 30.3 Å². The molecule has 2 nitrogen and oxygen atoms in total. The van der Waals surface area contributed by atoms with Crippen molar-refractivity contribution in [3.05, 3.63) is 0 Å². The minimum Gasteiger partial charge on any atom is -0.298 e. The average Bonchev–Trinajstić information content (AvgIpc) is 1.82. The summed E-state index contributed by atoms with van der Waals surface area (Å²) in [5.74, 6) is 0.413. The van der Waals surface area contributed by atoms with Gasteiger partial charge in [-0.1, -0.05) is 20.8 Å². The summed E-state index contributed by atoms with van der Waals surface area (Å²) >= 11 is 0. The number of hydrogen-bond acceptors (Lipinski definition) is 2. The Morgan fingerprint density at radius 3 is 2.33 bits per heavy atom. The quantitative estimate of drug-likeness (QED) is 0.550. The number of nitrogens with zero attached hydrogens (tertiary/aromatic N) is 1. The number of carbonyl (C=O) groups excluding carboxylic acids is 1. The fourth-order valence-electron chi connectivity index (χ4n) is 2.16. The van der Waals surface area contributed by atoms with Crippen LogP contribution in [0.25, 0.3) is 0 Å². The van der Waals surface area contributed by atoms with Crippen molar-refractivity contribution < 1.29 is 4.79 Å². The number of likely N-dealkylation sites (tertiary alicyclic amines) is 1. The lowest BCUT2D eigenvalue weighted by molar-refractivity contribution is -0.130. The van der Waals surface area contributed by atoms with Crippen LogP contribution in [0.5, 0.6) is 0 Å². The zero-order valence-corrected chi connectivity index (χ0v) is 8.55. The van der Waals surface area contributed by atoms with Gasteiger partial charge in [0.1, 0.15) is 0 Å². The summed E-state index contributed by atoms with van der Waals surface area (Å²) in [4.78, 5) is 13.8. The number of hydrogen-bond donors (Lipinski definition) is 0. The molecule has 1 unspecified atom stereocenters. The molecule has 1 aliphatic rings. The Bertz CT molecular complexity index is 181. The van der Waals surface area contributed by atoms with Gasteiger partial charge in [-0.2, -0.15) is 0 Å². The van der Waals surface area contributed by atoms with E-state index in [-0.39, 0.29) is 11.5 Å². The molecular formula is C10H19NO. The first-order chi connectivity index (χ1) is 5.43. The maximum atomic E-state index is 11.6. The molecule has 0 amide bonds. The lowest BCUT2D eigenvalue weighted by Gasteiger charge is -2.39. The van der Waals surface area contributed by atoms with E-state index < -0.39 is 0 Å². The van der Waals surface area contributed by atoms with E-state index in [2.05, 4.69) is 25.7 Å². The van der Waals surface area contributed by atoms with Gasteiger partial charge in [0.25, 0.3) is 0 Å². The summed E-state index contributed by atoms with van der Waals surface area (Å²) in [6.45, 7) is 7.47. The minimum atomic E-state index is 0.0895. The van der Waals surface area contributed by atoms with E-state index in [0.29, 0.717) is 5.78 Å². The molecule has 0 aromatic carbocycles. The molecule has 2 heteroatoms. The van der Waals surface area contributed by atoms with Crippen molar-refractivity contribution in [1.82, 2.24) is 4.90 Å². The number of Topliss-reactive ketones (excluding diaryl/α,β-unsaturated/α-hetero) is 1. The van der Waals surface area contributed by atoms with Crippen molar-refractivity contribution in [2.75, 3.05) is 13.6 Å². The third-order valence-corrected chi connectivity index (χ3v) is 2.50. The van der Waals surface area contributed by atoms with Crippen LogP contribution in [0, 0.1) is 5.41 Å². The predicted octanol–water partition coefficient (Wildman–Crippen LogP) is 1.70. The molecule has 0 N–H and O–H groups in total. The number of carbonyl (C=O) groups is 1. The molecule has 0 spiro atoms. The summed E-state index contributed by atoms with van der Waals surface area (Å²) in [6.07, 6.45) is 1.80. The topological polar surface area (TPSA) is 20.3 Å². The third-order valence-electron chi connectivity index (χ3n) is 2.50. The average molecular weight is 169 g/mol. The molecule has 70 valence electrons. The Kier molecular flexibility index (Phi) is 2.57. The Morgan fingerprint density at radius 1 is 1.42 bits per heavy atom. The fourth-order valence-corrected chi connectivity index (χ4v) is 2.16. The van der Waals surface area contributed by atoms with E-state index in [1.54, 1.807) is 0 Å². The van der Waals surface area contributed by atoms with Crippen molar-refractivity contribution in [1.29, 1.82) is 0 Å². The van der Waals surface area contributed by atoms with Crippen LogP contribution in [0.3, 0.4) is 0 Å². The highest BCUT2D eigenvalue weighted by Gasteiger charge is 2.36. The van der Waals surface area contributed by atoms with E-state index in [0.717, 1.165) is 19.4 Å². The molecular weight excluding hydrogens is 150 g/mol. The van der Waals surface area contributed by atoms with Gasteiger partial charge in [-0.15, -0.1) is 0 Å². The molecule has 1 heterocycles. The van der Waals surface area contributed by atoms with E-state index in [4.69, 9.17) is 0 Å². The van der Waals surface area contributed by atoms with Crippen molar-refractivity contribution in [3.63, 3.8) is 0 Å². The van der Waals surface area contributed by atoms with Gasteiger partial charge in [-0.3, -0.25) is 9.69 Å². The maximum Gasteiger partial charge on any atom is 0.150 e. The Labute approximate surface area is 74.9 Å². The van der Waals surface area contributed by atoms with Crippen LogP contribution >= 0.6 is 0 Å². The first-order valence-corrected chi connectivity index (χ1v) is 4.66. The summed E-state index contributed by atoms with van der Waals surface area (Å²) in [7, 11) is 2.05. The van der Waals surface area contributed by atoms with Gasteiger partial charge in [-0.05, 0) is 25.4 Å². The molecule has 12 heavy (non-hydrogen) atoms. The molecule has 1 saturated heterocycles. The van der Waals surface area contributed by atoms with Gasteiger partial charge >= 0.3 is 0 Å². The Morgan fingerprint density at radius 2 is 2.00 bits per heavy atom. The zero-order valence-electron chi connectivity index (χ0n) is 8.55. The number of rotatable bonds is 0. The molecule has 1 rings (SSSR count). The minimum absolute atomic E-state index is 0.0895. The molecule has 0 aliphatic carbocycles. The lowest BCUT2D eigenvalue weighted by Crippen LogP contribution is -2.50. The van der Waals surface area contributed by atoms with Crippen molar-refractivity contribution in [3.8, 4) is 0 Å².